The number of nitrogens with zero attached hydrogens (tertiary/aromatic N) is 4. The second-order valence-corrected chi connectivity index (χ2v) is 7.04. The average Bonchev–Trinajstić information content (AvgIpc) is 3.35. The summed E-state index contributed by atoms with van der Waals surface area (Å²) in [5.74, 6) is 0.282. The average molecular weight is 365 g/mol. The van der Waals surface area contributed by atoms with Crippen LogP contribution in [0.25, 0.3) is 11.0 Å². The lowest BCUT2D eigenvalue weighted by Gasteiger charge is -2.10. The van der Waals surface area contributed by atoms with Gasteiger partial charge < -0.3 is 5.32 Å². The van der Waals surface area contributed by atoms with E-state index in [9.17, 15) is 9.59 Å². The molecule has 140 valence electrons. The second kappa shape index (κ2) is 7.73. The highest BCUT2D eigenvalue weighted by Crippen LogP contribution is 2.24. The van der Waals surface area contributed by atoms with E-state index in [0.29, 0.717) is 30.7 Å². The normalized spacial score (nSPS) is 14.7. The van der Waals surface area contributed by atoms with Gasteiger partial charge in [-0.1, -0.05) is 43.2 Å². The summed E-state index contributed by atoms with van der Waals surface area (Å²) >= 11 is 0. The Hall–Kier alpha value is -2.96. The first-order valence-corrected chi connectivity index (χ1v) is 9.45. The van der Waals surface area contributed by atoms with Gasteiger partial charge >= 0.3 is 0 Å². The van der Waals surface area contributed by atoms with E-state index in [1.807, 2.05) is 30.3 Å². The summed E-state index contributed by atoms with van der Waals surface area (Å²) in [5, 5.41) is 7.76. The van der Waals surface area contributed by atoms with E-state index in [1.165, 1.54) is 0 Å². The first-order valence-electron chi connectivity index (χ1n) is 9.45. The maximum atomic E-state index is 12.7. The quantitative estimate of drug-likeness (QED) is 0.724. The molecule has 1 aliphatic carbocycles. The van der Waals surface area contributed by atoms with Crippen molar-refractivity contribution in [3.8, 4) is 0 Å². The first-order chi connectivity index (χ1) is 13.2. The molecule has 4 rings (SSSR count). The predicted molar refractivity (Wildman–Crippen MR) is 102 cm³/mol. The lowest BCUT2D eigenvalue weighted by Crippen LogP contribution is -2.32. The minimum absolute atomic E-state index is 0.106. The van der Waals surface area contributed by atoms with Crippen molar-refractivity contribution in [3.63, 3.8) is 0 Å². The maximum Gasteiger partial charge on any atom is 0.264 e. The first kappa shape index (κ1) is 17.5. The van der Waals surface area contributed by atoms with Gasteiger partial charge in [-0.25, -0.2) is 9.67 Å². The van der Waals surface area contributed by atoms with Crippen LogP contribution in [0, 0.1) is 5.92 Å². The van der Waals surface area contributed by atoms with E-state index in [2.05, 4.69) is 15.4 Å². The van der Waals surface area contributed by atoms with Crippen molar-refractivity contribution in [2.45, 2.75) is 38.8 Å². The fourth-order valence-electron chi connectivity index (χ4n) is 3.67. The fourth-order valence-corrected chi connectivity index (χ4v) is 3.67. The van der Waals surface area contributed by atoms with Gasteiger partial charge in [0.15, 0.2) is 5.65 Å². The molecule has 2 heterocycles. The Morgan fingerprint density at radius 1 is 1.19 bits per heavy atom. The fraction of sp³-hybridized carbons (Fsp3) is 0.400. The molecule has 3 aromatic rings. The molecule has 1 amide bonds. The molecular weight excluding hydrogens is 342 g/mol. The largest absolute Gasteiger partial charge is 0.354 e. The number of benzene rings is 1. The lowest BCUT2D eigenvalue weighted by atomic mass is 10.1. The molecule has 0 bridgehead atoms. The van der Waals surface area contributed by atoms with E-state index < -0.39 is 0 Å². The summed E-state index contributed by atoms with van der Waals surface area (Å²) in [6.07, 6.45) is 7.37. The van der Waals surface area contributed by atoms with Crippen LogP contribution in [0.5, 0.6) is 0 Å². The number of hydrogen-bond acceptors (Lipinski definition) is 4. The summed E-state index contributed by atoms with van der Waals surface area (Å²) in [6.45, 7) is 1.46. The Balaban J connectivity index is 1.45. The van der Waals surface area contributed by atoms with Gasteiger partial charge in [-0.05, 0) is 18.4 Å². The number of carbonyl (C=O) groups excluding carboxylic acids is 1. The van der Waals surface area contributed by atoms with Crippen LogP contribution < -0.4 is 10.9 Å². The van der Waals surface area contributed by atoms with Crippen LogP contribution in [-0.4, -0.2) is 31.8 Å². The number of amides is 1. The molecule has 0 radical (unpaired) electrons. The Kier molecular flexibility index (Phi) is 5.00. The van der Waals surface area contributed by atoms with Crippen LogP contribution in [0.1, 0.15) is 31.2 Å². The van der Waals surface area contributed by atoms with Gasteiger partial charge in [-0.3, -0.25) is 14.2 Å². The van der Waals surface area contributed by atoms with Crippen molar-refractivity contribution < 1.29 is 4.79 Å². The lowest BCUT2D eigenvalue weighted by molar-refractivity contribution is -0.124. The van der Waals surface area contributed by atoms with Crippen molar-refractivity contribution in [3.05, 3.63) is 58.8 Å². The van der Waals surface area contributed by atoms with Crippen molar-refractivity contribution in [1.82, 2.24) is 24.6 Å². The van der Waals surface area contributed by atoms with Crippen molar-refractivity contribution >= 4 is 16.9 Å². The van der Waals surface area contributed by atoms with Gasteiger partial charge in [0.2, 0.25) is 5.91 Å². The third-order valence-electron chi connectivity index (χ3n) is 5.17. The number of carbonyl (C=O) groups is 1. The molecule has 1 aromatic carbocycles. The zero-order chi connectivity index (χ0) is 18.6. The Bertz CT molecular complexity index is 987. The van der Waals surface area contributed by atoms with E-state index in [0.717, 1.165) is 31.2 Å². The maximum absolute atomic E-state index is 12.7. The van der Waals surface area contributed by atoms with Gasteiger partial charge in [0.05, 0.1) is 19.3 Å². The third kappa shape index (κ3) is 3.77. The summed E-state index contributed by atoms with van der Waals surface area (Å²) in [7, 11) is 0. The molecule has 1 fully saturated rings. The molecule has 7 nitrogen and oxygen atoms in total. The molecule has 2 aromatic heterocycles. The zero-order valence-corrected chi connectivity index (χ0v) is 15.2. The minimum atomic E-state index is -0.106. The monoisotopic (exact) mass is 365 g/mol. The van der Waals surface area contributed by atoms with E-state index in [1.54, 1.807) is 21.8 Å². The van der Waals surface area contributed by atoms with Gasteiger partial charge in [-0.15, -0.1) is 0 Å². The molecule has 27 heavy (non-hydrogen) atoms. The van der Waals surface area contributed by atoms with Crippen LogP contribution in [0.2, 0.25) is 0 Å². The van der Waals surface area contributed by atoms with Gasteiger partial charge in [0, 0.05) is 12.5 Å². The van der Waals surface area contributed by atoms with Crippen molar-refractivity contribution in [1.29, 1.82) is 0 Å². The zero-order valence-electron chi connectivity index (χ0n) is 15.2. The van der Waals surface area contributed by atoms with Gasteiger partial charge in [0.1, 0.15) is 11.7 Å². The van der Waals surface area contributed by atoms with Gasteiger partial charge in [-0.2, -0.15) is 5.10 Å². The number of aromatic nitrogens is 4. The molecule has 7 heteroatoms. The van der Waals surface area contributed by atoms with Gasteiger partial charge in [0.25, 0.3) is 5.56 Å². The van der Waals surface area contributed by atoms with Crippen LogP contribution in [-0.2, 0) is 17.9 Å². The molecule has 0 atom stereocenters. The van der Waals surface area contributed by atoms with Crippen molar-refractivity contribution in [2.24, 2.45) is 5.92 Å². The molecule has 1 N–H and O–H groups in total. The summed E-state index contributed by atoms with van der Waals surface area (Å²) in [4.78, 5) is 29.2. The van der Waals surface area contributed by atoms with Crippen LogP contribution in [0.4, 0.5) is 0 Å². The molecular formula is C20H23N5O2. The minimum Gasteiger partial charge on any atom is -0.354 e. The molecule has 0 aliphatic heterocycles. The number of fused-ring (bicyclic) bond motifs is 1. The van der Waals surface area contributed by atoms with E-state index in [-0.39, 0.29) is 17.4 Å². The topological polar surface area (TPSA) is 81.8 Å². The smallest absolute Gasteiger partial charge is 0.264 e. The Morgan fingerprint density at radius 2 is 1.96 bits per heavy atom. The van der Waals surface area contributed by atoms with Crippen LogP contribution in [0.15, 0.2) is 47.7 Å². The number of hydrogen-bond donors (Lipinski definition) is 1. The molecule has 0 unspecified atom stereocenters. The molecule has 0 spiro atoms. The van der Waals surface area contributed by atoms with Crippen molar-refractivity contribution in [2.75, 3.05) is 6.54 Å². The Labute approximate surface area is 157 Å². The van der Waals surface area contributed by atoms with Crippen LogP contribution in [0.3, 0.4) is 0 Å². The van der Waals surface area contributed by atoms with E-state index in [4.69, 9.17) is 0 Å². The highest BCUT2D eigenvalue weighted by Gasteiger charge is 2.22. The summed E-state index contributed by atoms with van der Waals surface area (Å²) in [5.41, 5.74) is 1.49. The molecule has 1 saturated carbocycles. The third-order valence-corrected chi connectivity index (χ3v) is 5.17. The number of nitrogens with one attached hydrogen (secondary N) is 1. The molecule has 0 saturated heterocycles. The Morgan fingerprint density at radius 3 is 2.74 bits per heavy atom. The second-order valence-electron chi connectivity index (χ2n) is 7.04. The SMILES string of the molecule is O=C(NCCn1ncc2c(=O)n(Cc3ccccc3)cnc21)C1CCCC1. The molecule has 1 aliphatic rings. The highest BCUT2D eigenvalue weighted by atomic mass is 16.2. The summed E-state index contributed by atoms with van der Waals surface area (Å²) < 4.78 is 3.27. The number of rotatable bonds is 6. The van der Waals surface area contributed by atoms with E-state index >= 15 is 0 Å². The highest BCUT2D eigenvalue weighted by molar-refractivity contribution is 5.78. The standard InChI is InChI=1S/C20H23N5O2/c26-19(16-8-4-5-9-16)21-10-11-25-18-17(12-23-25)20(27)24(14-22-18)13-15-6-2-1-3-7-15/h1-3,6-7,12,14,16H,4-5,8-11,13H2,(H,21,26). The van der Waals surface area contributed by atoms with Crippen LogP contribution >= 0.6 is 0 Å². The predicted octanol–water partition coefficient (Wildman–Crippen LogP) is 1.95. The summed E-state index contributed by atoms with van der Waals surface area (Å²) in [6, 6.07) is 9.80.